The Bertz CT molecular complexity index is 1760. The highest BCUT2D eigenvalue weighted by atomic mass is 32.2. The van der Waals surface area contributed by atoms with E-state index in [1.54, 1.807) is 26.1 Å². The monoisotopic (exact) mass is 629 g/mol. The number of benzene rings is 1. The van der Waals surface area contributed by atoms with Gasteiger partial charge in [0.25, 0.3) is 5.88 Å². The molecule has 10 nitrogen and oxygen atoms in total. The fourth-order valence-electron chi connectivity index (χ4n) is 6.85. The van der Waals surface area contributed by atoms with E-state index < -0.39 is 34.3 Å². The maximum absolute atomic E-state index is 14.1. The zero-order chi connectivity index (χ0) is 31.5. The van der Waals surface area contributed by atoms with Crippen molar-refractivity contribution in [2.75, 3.05) is 19.8 Å². The number of aromatic nitrogens is 4. The number of pyridine rings is 2. The van der Waals surface area contributed by atoms with E-state index in [1.807, 2.05) is 48.6 Å². The van der Waals surface area contributed by atoms with Gasteiger partial charge in [0, 0.05) is 43.1 Å². The molecule has 11 heteroatoms. The Hall–Kier alpha value is -3.51. The highest BCUT2D eigenvalue weighted by Crippen LogP contribution is 2.45. The van der Waals surface area contributed by atoms with E-state index in [1.165, 1.54) is 0 Å². The molecule has 2 unspecified atom stereocenters. The third-order valence-electron chi connectivity index (χ3n) is 9.81. The molecule has 1 aliphatic carbocycles. The first-order valence-corrected chi connectivity index (χ1v) is 16.7. The number of aryl methyl sites for hydroxylation is 2. The van der Waals surface area contributed by atoms with Crippen molar-refractivity contribution in [2.45, 2.75) is 82.3 Å². The number of carbonyl (C=O) groups is 1. The van der Waals surface area contributed by atoms with Gasteiger partial charge in [0.1, 0.15) is 11.4 Å². The molecule has 0 amide bonds. The standard InChI is InChI=1S/C34H39N5O5S/c1-21-7-8-24(28(33(3,4)32(40)41)26-11-15-39-29(22(26)2)36-37-30(39)23-9-10-23)18-25(21)19-38-20-34(12-16-43-17-13-34)44-31-27(45(38)42)6-5-14-35-31/h5-8,11,14-15,18,23,28H,9-10,12-13,16-17,19-20H2,1-4H3,(H,40,41). The van der Waals surface area contributed by atoms with Gasteiger partial charge in [-0.1, -0.05) is 18.2 Å². The van der Waals surface area contributed by atoms with Crippen molar-refractivity contribution in [3.8, 4) is 5.88 Å². The minimum absolute atomic E-state index is 0.403. The lowest BCUT2D eigenvalue weighted by Crippen LogP contribution is -2.50. The van der Waals surface area contributed by atoms with Gasteiger partial charge in [-0.2, -0.15) is 0 Å². The largest absolute Gasteiger partial charge is 0.593 e. The maximum Gasteiger partial charge on any atom is 0.310 e. The highest BCUT2D eigenvalue weighted by molar-refractivity contribution is 7.89. The molecular formula is C34H39N5O5S. The van der Waals surface area contributed by atoms with Crippen LogP contribution in [0.25, 0.3) is 5.65 Å². The number of aliphatic carboxylic acids is 1. The molecule has 4 aromatic rings. The minimum Gasteiger partial charge on any atom is -0.593 e. The molecule has 1 N–H and O–H groups in total. The average molecular weight is 630 g/mol. The molecule has 2 aliphatic heterocycles. The summed E-state index contributed by atoms with van der Waals surface area (Å²) in [7, 11) is 0. The number of fused-ring (bicyclic) bond motifs is 2. The van der Waals surface area contributed by atoms with Crippen LogP contribution in [0.15, 0.2) is 53.7 Å². The third kappa shape index (κ3) is 5.39. The summed E-state index contributed by atoms with van der Waals surface area (Å²) in [5.74, 6) is 0.475. The predicted octanol–water partition coefficient (Wildman–Crippen LogP) is 5.33. The molecule has 3 aliphatic rings. The van der Waals surface area contributed by atoms with Gasteiger partial charge in [-0.15, -0.1) is 14.5 Å². The molecule has 2 fully saturated rings. The summed E-state index contributed by atoms with van der Waals surface area (Å²) in [6.45, 7) is 9.61. The molecule has 1 aromatic carbocycles. The first-order valence-electron chi connectivity index (χ1n) is 15.6. The summed E-state index contributed by atoms with van der Waals surface area (Å²) < 4.78 is 30.3. The summed E-state index contributed by atoms with van der Waals surface area (Å²) in [6.07, 6.45) is 7.25. The van der Waals surface area contributed by atoms with Crippen LogP contribution in [0.1, 0.15) is 85.0 Å². The van der Waals surface area contributed by atoms with Gasteiger partial charge in [-0.25, -0.2) is 4.98 Å². The van der Waals surface area contributed by atoms with Gasteiger partial charge < -0.3 is 19.1 Å². The lowest BCUT2D eigenvalue weighted by molar-refractivity contribution is -0.147. The molecule has 7 rings (SSSR count). The Morgan fingerprint density at radius 3 is 2.69 bits per heavy atom. The number of hydrogen-bond donors (Lipinski definition) is 1. The van der Waals surface area contributed by atoms with Crippen molar-refractivity contribution >= 4 is 23.0 Å². The van der Waals surface area contributed by atoms with E-state index in [0.717, 1.165) is 52.1 Å². The summed E-state index contributed by atoms with van der Waals surface area (Å²) in [4.78, 5) is 17.8. The maximum atomic E-state index is 14.1. The van der Waals surface area contributed by atoms with Gasteiger partial charge in [0.2, 0.25) is 4.90 Å². The van der Waals surface area contributed by atoms with Crippen LogP contribution in [0.2, 0.25) is 0 Å². The van der Waals surface area contributed by atoms with Gasteiger partial charge in [0.15, 0.2) is 5.65 Å². The Balaban J connectivity index is 1.29. The minimum atomic E-state index is -1.51. The second kappa shape index (κ2) is 11.4. The number of hydrogen-bond acceptors (Lipinski definition) is 8. The fourth-order valence-corrected chi connectivity index (χ4v) is 8.17. The second-order valence-corrected chi connectivity index (χ2v) is 14.8. The molecule has 1 saturated carbocycles. The van der Waals surface area contributed by atoms with Crippen LogP contribution in [0, 0.1) is 19.3 Å². The predicted molar refractivity (Wildman–Crippen MR) is 169 cm³/mol. The molecular weight excluding hydrogens is 590 g/mol. The molecule has 1 spiro atoms. The normalized spacial score (nSPS) is 20.9. The van der Waals surface area contributed by atoms with Gasteiger partial charge in [-0.3, -0.25) is 9.20 Å². The van der Waals surface area contributed by atoms with Crippen LogP contribution < -0.4 is 4.74 Å². The van der Waals surface area contributed by atoms with Crippen LogP contribution in [-0.4, -0.2) is 64.9 Å². The average Bonchev–Trinajstić information content (AvgIpc) is 3.79. The van der Waals surface area contributed by atoms with E-state index in [0.29, 0.717) is 55.8 Å². The van der Waals surface area contributed by atoms with E-state index in [2.05, 4.69) is 25.6 Å². The van der Waals surface area contributed by atoms with Crippen LogP contribution in [0.4, 0.5) is 0 Å². The zero-order valence-corrected chi connectivity index (χ0v) is 27.0. The Kier molecular flexibility index (Phi) is 7.63. The molecule has 3 aromatic heterocycles. The molecule has 236 valence electrons. The van der Waals surface area contributed by atoms with E-state index >= 15 is 0 Å². The molecule has 2 atom stereocenters. The van der Waals surface area contributed by atoms with Crippen molar-refractivity contribution in [3.63, 3.8) is 0 Å². The Morgan fingerprint density at radius 1 is 1.18 bits per heavy atom. The number of carboxylic acid groups (broad SMARTS) is 1. The fraction of sp³-hybridized carbons (Fsp3) is 0.471. The van der Waals surface area contributed by atoms with Crippen LogP contribution >= 0.6 is 0 Å². The van der Waals surface area contributed by atoms with Crippen molar-refractivity contribution in [1.82, 2.24) is 23.9 Å². The lowest BCUT2D eigenvalue weighted by atomic mass is 9.70. The summed E-state index contributed by atoms with van der Waals surface area (Å²) >= 11 is -1.51. The summed E-state index contributed by atoms with van der Waals surface area (Å²) in [5, 5.41) is 19.5. The smallest absolute Gasteiger partial charge is 0.310 e. The third-order valence-corrected chi connectivity index (χ3v) is 11.2. The molecule has 1 saturated heterocycles. The summed E-state index contributed by atoms with van der Waals surface area (Å²) in [6, 6.07) is 11.8. The van der Waals surface area contributed by atoms with Crippen molar-refractivity contribution < 1.29 is 23.9 Å². The number of rotatable bonds is 7. The molecule has 0 bridgehead atoms. The zero-order valence-electron chi connectivity index (χ0n) is 26.2. The molecule has 5 heterocycles. The quantitative estimate of drug-likeness (QED) is 0.270. The second-order valence-electron chi connectivity index (χ2n) is 13.3. The number of nitrogens with zero attached hydrogens (tertiary/aromatic N) is 5. The van der Waals surface area contributed by atoms with Crippen molar-refractivity contribution in [2.24, 2.45) is 5.41 Å². The molecule has 0 radical (unpaired) electrons. The Morgan fingerprint density at radius 2 is 1.96 bits per heavy atom. The van der Waals surface area contributed by atoms with E-state index in [9.17, 15) is 14.5 Å². The number of carboxylic acids is 1. The first kappa shape index (κ1) is 30.2. The van der Waals surface area contributed by atoms with Gasteiger partial charge in [0.05, 0.1) is 43.1 Å². The topological polar surface area (TPSA) is 125 Å². The van der Waals surface area contributed by atoms with Gasteiger partial charge in [-0.05, 0) is 80.5 Å². The summed E-state index contributed by atoms with van der Waals surface area (Å²) in [5.41, 5.74) is 3.82. The van der Waals surface area contributed by atoms with E-state index in [4.69, 9.17) is 9.47 Å². The van der Waals surface area contributed by atoms with Crippen molar-refractivity contribution in [3.05, 3.63) is 82.4 Å². The highest BCUT2D eigenvalue weighted by Gasteiger charge is 2.46. The number of ether oxygens (including phenoxy) is 2. The van der Waals surface area contributed by atoms with Crippen LogP contribution in [-0.2, 0) is 27.4 Å². The Labute approximate surface area is 266 Å². The van der Waals surface area contributed by atoms with Crippen LogP contribution in [0.3, 0.4) is 0 Å². The van der Waals surface area contributed by atoms with Crippen molar-refractivity contribution in [1.29, 1.82) is 0 Å². The van der Waals surface area contributed by atoms with E-state index in [-0.39, 0.29) is 0 Å². The molecule has 45 heavy (non-hydrogen) atoms. The lowest BCUT2D eigenvalue weighted by Gasteiger charge is -2.37. The SMILES string of the molecule is Cc1ccc(C(c2ccn3c(C4CC4)nnc3c2C)C(C)(C)C(=O)O)cc1CN1CC2(CCOCC2)Oc2ncccc2[S+]1[O-]. The first-order chi connectivity index (χ1) is 21.6. The van der Waals surface area contributed by atoms with Gasteiger partial charge >= 0.3 is 5.97 Å². The van der Waals surface area contributed by atoms with Crippen LogP contribution in [0.5, 0.6) is 5.88 Å².